The van der Waals surface area contributed by atoms with Crippen LogP contribution in [0.15, 0.2) is 18.2 Å². The van der Waals surface area contributed by atoms with Gasteiger partial charge in [0.25, 0.3) is 0 Å². The van der Waals surface area contributed by atoms with E-state index in [9.17, 15) is 4.39 Å². The molecule has 88 valence electrons. The second kappa shape index (κ2) is 4.80. The molecule has 4 heteroatoms. The number of hydrogen-bond donors (Lipinski definition) is 1. The number of nitrogens with two attached hydrogens (primary N) is 1. The van der Waals surface area contributed by atoms with Gasteiger partial charge in [-0.2, -0.15) is 0 Å². The highest BCUT2D eigenvalue weighted by Gasteiger charge is 2.19. The van der Waals surface area contributed by atoms with E-state index in [2.05, 4.69) is 0 Å². The molecule has 3 nitrogen and oxygen atoms in total. The number of benzene rings is 1. The summed E-state index contributed by atoms with van der Waals surface area (Å²) >= 11 is 0. The van der Waals surface area contributed by atoms with E-state index < -0.39 is 0 Å². The van der Waals surface area contributed by atoms with Gasteiger partial charge in [-0.05, 0) is 13.0 Å². The number of ether oxygens (including phenoxy) is 2. The standard InChI is InChI=1S/C12H16FNO2/c1-8(14)11-3-2-9(13)6-12(11)16-10-4-5-15-7-10/h2-3,6,8,10H,4-5,7,14H2,1H3/t8-,10?/m1/s1. The molecule has 0 aromatic heterocycles. The summed E-state index contributed by atoms with van der Waals surface area (Å²) in [7, 11) is 0. The Balaban J connectivity index is 2.19. The molecule has 1 saturated heterocycles. The van der Waals surface area contributed by atoms with Gasteiger partial charge in [0.15, 0.2) is 0 Å². The van der Waals surface area contributed by atoms with Crippen molar-refractivity contribution in [1.29, 1.82) is 0 Å². The van der Waals surface area contributed by atoms with Crippen LogP contribution in [0.5, 0.6) is 5.75 Å². The van der Waals surface area contributed by atoms with Crippen molar-refractivity contribution in [2.45, 2.75) is 25.5 Å². The first-order valence-electron chi connectivity index (χ1n) is 5.46. The summed E-state index contributed by atoms with van der Waals surface area (Å²) in [6, 6.07) is 4.29. The van der Waals surface area contributed by atoms with Crippen molar-refractivity contribution in [3.8, 4) is 5.75 Å². The van der Waals surface area contributed by atoms with Gasteiger partial charge in [0.1, 0.15) is 17.7 Å². The Morgan fingerprint density at radius 2 is 2.38 bits per heavy atom. The van der Waals surface area contributed by atoms with Gasteiger partial charge in [-0.1, -0.05) is 6.07 Å². The van der Waals surface area contributed by atoms with Crippen LogP contribution in [0.3, 0.4) is 0 Å². The van der Waals surface area contributed by atoms with E-state index in [0.717, 1.165) is 12.0 Å². The lowest BCUT2D eigenvalue weighted by atomic mass is 10.1. The van der Waals surface area contributed by atoms with E-state index in [4.69, 9.17) is 15.2 Å². The monoisotopic (exact) mass is 225 g/mol. The second-order valence-corrected chi connectivity index (χ2v) is 4.07. The van der Waals surface area contributed by atoms with Crippen LogP contribution in [0.2, 0.25) is 0 Å². The van der Waals surface area contributed by atoms with E-state index >= 15 is 0 Å². The van der Waals surface area contributed by atoms with Crippen LogP contribution < -0.4 is 10.5 Å². The second-order valence-electron chi connectivity index (χ2n) is 4.07. The zero-order valence-corrected chi connectivity index (χ0v) is 9.28. The highest BCUT2D eigenvalue weighted by Crippen LogP contribution is 2.27. The molecule has 1 unspecified atom stereocenters. The van der Waals surface area contributed by atoms with Crippen molar-refractivity contribution >= 4 is 0 Å². The third-order valence-electron chi connectivity index (χ3n) is 2.65. The van der Waals surface area contributed by atoms with Crippen molar-refractivity contribution < 1.29 is 13.9 Å². The average molecular weight is 225 g/mol. The third kappa shape index (κ3) is 2.51. The van der Waals surface area contributed by atoms with Crippen LogP contribution in [-0.4, -0.2) is 19.3 Å². The van der Waals surface area contributed by atoms with Crippen LogP contribution in [0.4, 0.5) is 4.39 Å². The molecule has 1 fully saturated rings. The van der Waals surface area contributed by atoms with E-state index in [1.54, 1.807) is 6.07 Å². The fraction of sp³-hybridized carbons (Fsp3) is 0.500. The van der Waals surface area contributed by atoms with Crippen LogP contribution in [0, 0.1) is 5.82 Å². The molecule has 0 aliphatic carbocycles. The lowest BCUT2D eigenvalue weighted by Gasteiger charge is -2.17. The van der Waals surface area contributed by atoms with E-state index in [-0.39, 0.29) is 18.0 Å². The molecule has 16 heavy (non-hydrogen) atoms. The first-order valence-corrected chi connectivity index (χ1v) is 5.46. The van der Waals surface area contributed by atoms with Crippen molar-refractivity contribution in [2.75, 3.05) is 13.2 Å². The van der Waals surface area contributed by atoms with Gasteiger partial charge in [-0.25, -0.2) is 4.39 Å². The SMILES string of the molecule is C[C@@H](N)c1ccc(F)cc1OC1CCOC1. The first kappa shape index (κ1) is 11.4. The van der Waals surface area contributed by atoms with Gasteiger partial charge >= 0.3 is 0 Å². The Kier molecular flexibility index (Phi) is 3.41. The molecular weight excluding hydrogens is 209 g/mol. The topological polar surface area (TPSA) is 44.5 Å². The molecule has 0 bridgehead atoms. The van der Waals surface area contributed by atoms with Gasteiger partial charge in [0, 0.05) is 24.1 Å². The maximum atomic E-state index is 13.1. The summed E-state index contributed by atoms with van der Waals surface area (Å²) in [6.45, 7) is 3.12. The van der Waals surface area contributed by atoms with Crippen LogP contribution in [0.25, 0.3) is 0 Å². The van der Waals surface area contributed by atoms with E-state index in [1.165, 1.54) is 12.1 Å². The molecule has 1 aromatic rings. The van der Waals surface area contributed by atoms with Gasteiger partial charge in [-0.15, -0.1) is 0 Å². The summed E-state index contributed by atoms with van der Waals surface area (Å²) in [6.07, 6.45) is 0.855. The predicted octanol–water partition coefficient (Wildman–Crippen LogP) is 2.01. The lowest BCUT2D eigenvalue weighted by molar-refractivity contribution is 0.140. The normalized spacial score (nSPS) is 22.1. The van der Waals surface area contributed by atoms with Crippen molar-refractivity contribution in [3.05, 3.63) is 29.6 Å². The minimum absolute atomic E-state index is 0.0132. The fourth-order valence-electron chi connectivity index (χ4n) is 1.77. The lowest BCUT2D eigenvalue weighted by Crippen LogP contribution is -2.18. The molecule has 1 aliphatic rings. The zero-order chi connectivity index (χ0) is 11.5. The Labute approximate surface area is 94.3 Å². The number of halogens is 1. The van der Waals surface area contributed by atoms with Crippen molar-refractivity contribution in [1.82, 2.24) is 0 Å². The van der Waals surface area contributed by atoms with E-state index in [0.29, 0.717) is 19.0 Å². The Bertz CT molecular complexity index is 362. The van der Waals surface area contributed by atoms with Crippen LogP contribution in [-0.2, 0) is 4.74 Å². The molecule has 2 atom stereocenters. The maximum Gasteiger partial charge on any atom is 0.127 e. The number of rotatable bonds is 3. The molecule has 1 aliphatic heterocycles. The third-order valence-corrected chi connectivity index (χ3v) is 2.65. The Morgan fingerprint density at radius 1 is 1.56 bits per heavy atom. The summed E-state index contributed by atoms with van der Waals surface area (Å²) in [5.74, 6) is 0.226. The maximum absolute atomic E-state index is 13.1. The molecule has 2 rings (SSSR count). The highest BCUT2D eigenvalue weighted by atomic mass is 19.1. The molecule has 1 aromatic carbocycles. The molecule has 1 heterocycles. The Morgan fingerprint density at radius 3 is 3.00 bits per heavy atom. The van der Waals surface area contributed by atoms with Gasteiger partial charge in [-0.3, -0.25) is 0 Å². The predicted molar refractivity (Wildman–Crippen MR) is 58.9 cm³/mol. The van der Waals surface area contributed by atoms with E-state index in [1.807, 2.05) is 6.92 Å². The molecule has 0 radical (unpaired) electrons. The molecule has 2 N–H and O–H groups in total. The first-order chi connectivity index (χ1) is 7.66. The zero-order valence-electron chi connectivity index (χ0n) is 9.28. The van der Waals surface area contributed by atoms with Crippen LogP contribution in [0.1, 0.15) is 24.9 Å². The quantitative estimate of drug-likeness (QED) is 0.855. The van der Waals surface area contributed by atoms with Gasteiger partial charge in [0.2, 0.25) is 0 Å². The largest absolute Gasteiger partial charge is 0.487 e. The Hall–Kier alpha value is -1.13. The van der Waals surface area contributed by atoms with Gasteiger partial charge in [0.05, 0.1) is 13.2 Å². The molecule has 0 amide bonds. The van der Waals surface area contributed by atoms with Gasteiger partial charge < -0.3 is 15.2 Å². The smallest absolute Gasteiger partial charge is 0.127 e. The fourth-order valence-corrected chi connectivity index (χ4v) is 1.77. The van der Waals surface area contributed by atoms with Crippen molar-refractivity contribution in [2.24, 2.45) is 5.73 Å². The van der Waals surface area contributed by atoms with Crippen LogP contribution >= 0.6 is 0 Å². The average Bonchev–Trinajstić information content (AvgIpc) is 2.70. The van der Waals surface area contributed by atoms with Crippen molar-refractivity contribution in [3.63, 3.8) is 0 Å². The summed E-state index contributed by atoms with van der Waals surface area (Å²) in [4.78, 5) is 0. The molecular formula is C12H16FNO2. The highest BCUT2D eigenvalue weighted by molar-refractivity contribution is 5.36. The minimum Gasteiger partial charge on any atom is -0.487 e. The molecule has 0 spiro atoms. The minimum atomic E-state index is -0.307. The number of hydrogen-bond acceptors (Lipinski definition) is 3. The summed E-state index contributed by atoms with van der Waals surface area (Å²) in [5, 5.41) is 0. The summed E-state index contributed by atoms with van der Waals surface area (Å²) in [5.41, 5.74) is 6.63. The summed E-state index contributed by atoms with van der Waals surface area (Å²) < 4.78 is 24.0. The molecule has 0 saturated carbocycles.